The van der Waals surface area contributed by atoms with Crippen molar-refractivity contribution in [2.75, 3.05) is 24.6 Å². The minimum Gasteiger partial charge on any atom is -0.376 e. The van der Waals surface area contributed by atoms with Gasteiger partial charge in [-0.25, -0.2) is 9.97 Å². The Bertz CT molecular complexity index is 901. The molecule has 4 rings (SSSR count). The van der Waals surface area contributed by atoms with E-state index in [0.29, 0.717) is 25.5 Å². The van der Waals surface area contributed by atoms with Crippen molar-refractivity contribution >= 4 is 11.9 Å². The van der Waals surface area contributed by atoms with Gasteiger partial charge in [-0.3, -0.25) is 9.48 Å². The van der Waals surface area contributed by atoms with Crippen LogP contribution in [0.3, 0.4) is 0 Å². The maximum atomic E-state index is 12.9. The van der Waals surface area contributed by atoms with Gasteiger partial charge in [0.1, 0.15) is 5.69 Å². The smallest absolute Gasteiger partial charge is 0.269 e. The summed E-state index contributed by atoms with van der Waals surface area (Å²) >= 11 is 0. The van der Waals surface area contributed by atoms with Crippen LogP contribution < -0.4 is 10.2 Å². The number of anilines is 1. The second-order valence-electron chi connectivity index (χ2n) is 8.99. The first-order valence-electron chi connectivity index (χ1n) is 10.3. The molecule has 1 amide bonds. The zero-order valence-corrected chi connectivity index (χ0v) is 17.7. The Hall–Kier alpha value is -2.48. The van der Waals surface area contributed by atoms with Gasteiger partial charge in [0.05, 0.1) is 24.6 Å². The Morgan fingerprint density at radius 1 is 1.34 bits per heavy atom. The molecule has 1 N–H and O–H groups in total. The minimum absolute atomic E-state index is 0.0622. The maximum Gasteiger partial charge on any atom is 0.269 e. The highest BCUT2D eigenvalue weighted by Gasteiger charge is 2.27. The van der Waals surface area contributed by atoms with Crippen molar-refractivity contribution in [3.63, 3.8) is 0 Å². The van der Waals surface area contributed by atoms with Crippen molar-refractivity contribution in [2.24, 2.45) is 7.05 Å². The van der Waals surface area contributed by atoms with E-state index in [1.165, 1.54) is 0 Å². The van der Waals surface area contributed by atoms with Crippen LogP contribution in [0.5, 0.6) is 0 Å². The lowest BCUT2D eigenvalue weighted by Crippen LogP contribution is -2.48. The van der Waals surface area contributed by atoms with Gasteiger partial charge >= 0.3 is 0 Å². The van der Waals surface area contributed by atoms with E-state index in [0.717, 1.165) is 48.7 Å². The van der Waals surface area contributed by atoms with E-state index in [9.17, 15) is 4.79 Å². The van der Waals surface area contributed by atoms with Gasteiger partial charge in [-0.05, 0) is 18.9 Å². The Balaban J connectivity index is 1.44. The van der Waals surface area contributed by atoms with Gasteiger partial charge in [0, 0.05) is 49.8 Å². The maximum absolute atomic E-state index is 12.9. The van der Waals surface area contributed by atoms with E-state index in [2.05, 4.69) is 41.1 Å². The van der Waals surface area contributed by atoms with Crippen LogP contribution in [-0.2, 0) is 30.2 Å². The number of nitrogens with one attached hydrogen (secondary N) is 1. The SMILES string of the molecule is Cn1nc(C(C)(C)C)cc1C(=O)N[C@@H]1CCCN(c2ncc3c(n2)CCOC3)C1. The number of aryl methyl sites for hydroxylation is 1. The number of hydrogen-bond acceptors (Lipinski definition) is 6. The molecule has 0 aliphatic carbocycles. The Morgan fingerprint density at radius 2 is 2.17 bits per heavy atom. The molecule has 1 atom stereocenters. The van der Waals surface area contributed by atoms with Crippen molar-refractivity contribution in [1.29, 1.82) is 0 Å². The quantitative estimate of drug-likeness (QED) is 0.851. The molecular formula is C21H30N6O2. The van der Waals surface area contributed by atoms with Crippen molar-refractivity contribution < 1.29 is 9.53 Å². The molecule has 8 nitrogen and oxygen atoms in total. The van der Waals surface area contributed by atoms with E-state index in [4.69, 9.17) is 9.72 Å². The van der Waals surface area contributed by atoms with Crippen LogP contribution in [0.25, 0.3) is 0 Å². The predicted octanol–water partition coefficient (Wildman–Crippen LogP) is 1.98. The van der Waals surface area contributed by atoms with E-state index < -0.39 is 0 Å². The van der Waals surface area contributed by atoms with Crippen LogP contribution in [-0.4, -0.2) is 51.4 Å². The second-order valence-corrected chi connectivity index (χ2v) is 8.99. The Morgan fingerprint density at radius 3 is 2.93 bits per heavy atom. The second kappa shape index (κ2) is 7.74. The van der Waals surface area contributed by atoms with Crippen LogP contribution in [0, 0.1) is 0 Å². The number of ether oxygens (including phenoxy) is 1. The lowest BCUT2D eigenvalue weighted by Gasteiger charge is -2.33. The molecule has 29 heavy (non-hydrogen) atoms. The molecular weight excluding hydrogens is 368 g/mol. The monoisotopic (exact) mass is 398 g/mol. The minimum atomic E-state index is -0.0905. The molecule has 8 heteroatoms. The van der Waals surface area contributed by atoms with Crippen molar-refractivity contribution in [3.05, 3.63) is 34.9 Å². The fourth-order valence-electron chi connectivity index (χ4n) is 3.85. The van der Waals surface area contributed by atoms with Crippen LogP contribution in [0.15, 0.2) is 12.3 Å². The van der Waals surface area contributed by atoms with E-state index in [1.54, 1.807) is 4.68 Å². The first-order chi connectivity index (χ1) is 13.8. The molecule has 1 fully saturated rings. The molecule has 0 spiro atoms. The standard InChI is InChI=1S/C21H30N6O2/c1-21(2,3)18-10-17(26(4)25-18)19(28)23-15-6-5-8-27(12-15)20-22-11-14-13-29-9-7-16(14)24-20/h10-11,15H,5-9,12-13H2,1-4H3,(H,23,28)/t15-/m1/s1. The number of nitrogens with zero attached hydrogens (tertiary/aromatic N) is 5. The van der Waals surface area contributed by atoms with E-state index in [1.807, 2.05) is 19.3 Å². The van der Waals surface area contributed by atoms with Crippen LogP contribution in [0.4, 0.5) is 5.95 Å². The number of piperidine rings is 1. The summed E-state index contributed by atoms with van der Waals surface area (Å²) in [6.07, 6.45) is 4.65. The highest BCUT2D eigenvalue weighted by Crippen LogP contribution is 2.23. The fraction of sp³-hybridized carbons (Fsp3) is 0.619. The van der Waals surface area contributed by atoms with Crippen LogP contribution in [0.1, 0.15) is 61.1 Å². The molecule has 2 aromatic heterocycles. The summed E-state index contributed by atoms with van der Waals surface area (Å²) in [6, 6.07) is 1.96. The summed E-state index contributed by atoms with van der Waals surface area (Å²) in [7, 11) is 1.82. The summed E-state index contributed by atoms with van der Waals surface area (Å²) < 4.78 is 7.14. The summed E-state index contributed by atoms with van der Waals surface area (Å²) in [4.78, 5) is 24.3. The molecule has 0 radical (unpaired) electrons. The first kappa shape index (κ1) is 19.8. The highest BCUT2D eigenvalue weighted by molar-refractivity contribution is 5.93. The van der Waals surface area contributed by atoms with Gasteiger partial charge in [-0.15, -0.1) is 0 Å². The van der Waals surface area contributed by atoms with Crippen LogP contribution in [0.2, 0.25) is 0 Å². The molecule has 2 aliphatic heterocycles. The lowest BCUT2D eigenvalue weighted by atomic mass is 9.92. The number of hydrogen-bond donors (Lipinski definition) is 1. The van der Waals surface area contributed by atoms with Gasteiger partial charge < -0.3 is 15.0 Å². The first-order valence-corrected chi connectivity index (χ1v) is 10.3. The zero-order chi connectivity index (χ0) is 20.6. The molecule has 0 aromatic carbocycles. The number of rotatable bonds is 3. The third-order valence-electron chi connectivity index (χ3n) is 5.60. The zero-order valence-electron chi connectivity index (χ0n) is 17.7. The molecule has 0 saturated carbocycles. The number of fused-ring (bicyclic) bond motifs is 1. The van der Waals surface area contributed by atoms with Crippen molar-refractivity contribution in [3.8, 4) is 0 Å². The fourth-order valence-corrected chi connectivity index (χ4v) is 3.85. The third kappa shape index (κ3) is 4.27. The van der Waals surface area contributed by atoms with E-state index in [-0.39, 0.29) is 17.4 Å². The van der Waals surface area contributed by atoms with Crippen molar-refractivity contribution in [2.45, 2.75) is 58.1 Å². The van der Waals surface area contributed by atoms with Crippen LogP contribution >= 0.6 is 0 Å². The van der Waals surface area contributed by atoms with E-state index >= 15 is 0 Å². The van der Waals surface area contributed by atoms with Gasteiger partial charge in [-0.2, -0.15) is 5.10 Å². The molecule has 4 heterocycles. The summed E-state index contributed by atoms with van der Waals surface area (Å²) in [5.41, 5.74) is 3.58. The molecule has 2 aromatic rings. The van der Waals surface area contributed by atoms with Crippen molar-refractivity contribution in [1.82, 2.24) is 25.1 Å². The molecule has 1 saturated heterocycles. The van der Waals surface area contributed by atoms with Gasteiger partial charge in [-0.1, -0.05) is 20.8 Å². The molecule has 0 unspecified atom stereocenters. The Labute approximate surface area is 171 Å². The largest absolute Gasteiger partial charge is 0.376 e. The number of carbonyl (C=O) groups excluding carboxylic acids is 1. The molecule has 0 bridgehead atoms. The molecule has 156 valence electrons. The number of amides is 1. The summed E-state index contributed by atoms with van der Waals surface area (Å²) in [5, 5.41) is 7.70. The average molecular weight is 399 g/mol. The number of carbonyl (C=O) groups is 1. The average Bonchev–Trinajstić information content (AvgIpc) is 3.10. The summed E-state index contributed by atoms with van der Waals surface area (Å²) in [5.74, 6) is 0.672. The highest BCUT2D eigenvalue weighted by atomic mass is 16.5. The topological polar surface area (TPSA) is 85.2 Å². The van der Waals surface area contributed by atoms with Gasteiger partial charge in [0.2, 0.25) is 5.95 Å². The lowest BCUT2D eigenvalue weighted by molar-refractivity contribution is 0.0923. The normalized spacial score (nSPS) is 19.7. The predicted molar refractivity (Wildman–Crippen MR) is 110 cm³/mol. The third-order valence-corrected chi connectivity index (χ3v) is 5.60. The van der Waals surface area contributed by atoms with Gasteiger partial charge in [0.15, 0.2) is 0 Å². The molecule has 2 aliphatic rings. The summed E-state index contributed by atoms with van der Waals surface area (Å²) in [6.45, 7) is 9.22. The Kier molecular flexibility index (Phi) is 5.29. The van der Waals surface area contributed by atoms with Gasteiger partial charge in [0.25, 0.3) is 5.91 Å². The number of aromatic nitrogens is 4.